The lowest BCUT2D eigenvalue weighted by molar-refractivity contribution is 1.14. The maximum atomic E-state index is 5.88. The first-order valence-corrected chi connectivity index (χ1v) is 5.40. The molecular formula is C14H16N2. The zero-order chi connectivity index (χ0) is 11.4. The number of anilines is 2. The van der Waals surface area contributed by atoms with Crippen LogP contribution in [0, 0.1) is 6.92 Å². The van der Waals surface area contributed by atoms with Gasteiger partial charge in [0.1, 0.15) is 0 Å². The summed E-state index contributed by atoms with van der Waals surface area (Å²) >= 11 is 0. The van der Waals surface area contributed by atoms with E-state index in [4.69, 9.17) is 5.73 Å². The standard InChI is InChI=1S/C14H16N2/c1-11-6-2-5-9-14(11)16-10-12-7-3-4-8-13(12)15/h2-9,16H,10,15H2,1H3. The highest BCUT2D eigenvalue weighted by atomic mass is 14.9. The van der Waals surface area contributed by atoms with E-state index >= 15 is 0 Å². The fourth-order valence-corrected chi connectivity index (χ4v) is 1.66. The number of nitrogens with two attached hydrogens (primary N) is 1. The molecule has 2 aromatic carbocycles. The number of hydrogen-bond donors (Lipinski definition) is 2. The first kappa shape index (κ1) is 10.6. The molecule has 0 aliphatic carbocycles. The Kier molecular flexibility index (Phi) is 3.10. The Hall–Kier alpha value is -1.96. The lowest BCUT2D eigenvalue weighted by atomic mass is 10.1. The third kappa shape index (κ3) is 2.34. The molecule has 0 heterocycles. The van der Waals surface area contributed by atoms with Crippen LogP contribution < -0.4 is 11.1 Å². The highest BCUT2D eigenvalue weighted by molar-refractivity contribution is 5.53. The lowest BCUT2D eigenvalue weighted by Gasteiger charge is -2.10. The van der Waals surface area contributed by atoms with Gasteiger partial charge in [-0.15, -0.1) is 0 Å². The Labute approximate surface area is 96.1 Å². The van der Waals surface area contributed by atoms with E-state index in [1.165, 1.54) is 5.56 Å². The summed E-state index contributed by atoms with van der Waals surface area (Å²) in [4.78, 5) is 0. The summed E-state index contributed by atoms with van der Waals surface area (Å²) < 4.78 is 0. The number of benzene rings is 2. The minimum atomic E-state index is 0.761. The molecule has 0 aliphatic rings. The molecule has 0 aromatic heterocycles. The van der Waals surface area contributed by atoms with E-state index in [2.05, 4.69) is 24.4 Å². The molecule has 0 spiro atoms. The van der Waals surface area contributed by atoms with E-state index in [0.717, 1.165) is 23.5 Å². The van der Waals surface area contributed by atoms with Gasteiger partial charge in [-0.3, -0.25) is 0 Å². The van der Waals surface area contributed by atoms with Gasteiger partial charge in [-0.1, -0.05) is 36.4 Å². The minimum absolute atomic E-state index is 0.761. The van der Waals surface area contributed by atoms with Gasteiger partial charge in [0.15, 0.2) is 0 Å². The smallest absolute Gasteiger partial charge is 0.0421 e. The average molecular weight is 212 g/mol. The average Bonchev–Trinajstić information content (AvgIpc) is 2.30. The van der Waals surface area contributed by atoms with Crippen LogP contribution in [0.15, 0.2) is 48.5 Å². The Morgan fingerprint density at radius 3 is 2.44 bits per heavy atom. The third-order valence-electron chi connectivity index (χ3n) is 2.67. The number of para-hydroxylation sites is 2. The maximum Gasteiger partial charge on any atom is 0.0421 e. The van der Waals surface area contributed by atoms with E-state index in [9.17, 15) is 0 Å². The van der Waals surface area contributed by atoms with Crippen LogP contribution in [0.5, 0.6) is 0 Å². The second kappa shape index (κ2) is 4.71. The molecule has 0 radical (unpaired) electrons. The van der Waals surface area contributed by atoms with Gasteiger partial charge in [0.25, 0.3) is 0 Å². The van der Waals surface area contributed by atoms with Crippen molar-refractivity contribution in [3.05, 3.63) is 59.7 Å². The number of hydrogen-bond acceptors (Lipinski definition) is 2. The Bertz CT molecular complexity index is 432. The first-order valence-electron chi connectivity index (χ1n) is 5.40. The molecule has 2 nitrogen and oxygen atoms in total. The summed E-state index contributed by atoms with van der Waals surface area (Å²) in [6, 6.07) is 16.2. The van der Waals surface area contributed by atoms with Gasteiger partial charge in [0, 0.05) is 17.9 Å². The molecule has 16 heavy (non-hydrogen) atoms. The minimum Gasteiger partial charge on any atom is -0.398 e. The highest BCUT2D eigenvalue weighted by Gasteiger charge is 1.99. The van der Waals surface area contributed by atoms with Crippen molar-refractivity contribution in [3.8, 4) is 0 Å². The van der Waals surface area contributed by atoms with Crippen LogP contribution in [0.3, 0.4) is 0 Å². The second-order valence-corrected chi connectivity index (χ2v) is 3.87. The Balaban J connectivity index is 2.09. The molecule has 0 amide bonds. The molecule has 0 saturated carbocycles. The Morgan fingerprint density at radius 2 is 1.69 bits per heavy atom. The van der Waals surface area contributed by atoms with Gasteiger partial charge in [0.2, 0.25) is 0 Å². The third-order valence-corrected chi connectivity index (χ3v) is 2.67. The molecule has 82 valence electrons. The molecule has 2 aromatic rings. The number of nitrogen functional groups attached to an aromatic ring is 1. The zero-order valence-electron chi connectivity index (χ0n) is 9.40. The molecule has 0 atom stereocenters. The quantitative estimate of drug-likeness (QED) is 0.767. The summed E-state index contributed by atoms with van der Waals surface area (Å²) in [5.74, 6) is 0. The van der Waals surface area contributed by atoms with Crippen LogP contribution in [-0.2, 0) is 6.54 Å². The normalized spacial score (nSPS) is 10.1. The van der Waals surface area contributed by atoms with Crippen molar-refractivity contribution in [1.29, 1.82) is 0 Å². The molecular weight excluding hydrogens is 196 g/mol. The molecule has 0 saturated heterocycles. The summed E-state index contributed by atoms with van der Waals surface area (Å²) in [5.41, 5.74) is 10.3. The van der Waals surface area contributed by atoms with Crippen LogP contribution in [0.1, 0.15) is 11.1 Å². The first-order chi connectivity index (χ1) is 7.77. The summed E-state index contributed by atoms with van der Waals surface area (Å²) in [7, 11) is 0. The van der Waals surface area contributed by atoms with Gasteiger partial charge in [-0.05, 0) is 30.2 Å². The number of nitrogens with one attached hydrogen (secondary N) is 1. The largest absolute Gasteiger partial charge is 0.398 e. The second-order valence-electron chi connectivity index (χ2n) is 3.87. The molecule has 0 aliphatic heterocycles. The predicted molar refractivity (Wildman–Crippen MR) is 69.4 cm³/mol. The van der Waals surface area contributed by atoms with Crippen LogP contribution in [0.4, 0.5) is 11.4 Å². The molecule has 0 bridgehead atoms. The van der Waals surface area contributed by atoms with Crippen LogP contribution >= 0.6 is 0 Å². The lowest BCUT2D eigenvalue weighted by Crippen LogP contribution is -2.03. The van der Waals surface area contributed by atoms with Crippen molar-refractivity contribution < 1.29 is 0 Å². The van der Waals surface area contributed by atoms with Gasteiger partial charge < -0.3 is 11.1 Å². The highest BCUT2D eigenvalue weighted by Crippen LogP contribution is 2.16. The molecule has 2 rings (SSSR count). The van der Waals surface area contributed by atoms with E-state index in [1.807, 2.05) is 36.4 Å². The molecule has 0 unspecified atom stereocenters. The number of aryl methyl sites for hydroxylation is 1. The summed E-state index contributed by atoms with van der Waals surface area (Å²) in [5, 5.41) is 3.39. The Morgan fingerprint density at radius 1 is 1.00 bits per heavy atom. The zero-order valence-corrected chi connectivity index (χ0v) is 9.40. The van der Waals surface area contributed by atoms with E-state index in [0.29, 0.717) is 0 Å². The fourth-order valence-electron chi connectivity index (χ4n) is 1.66. The van der Waals surface area contributed by atoms with Crippen molar-refractivity contribution in [2.24, 2.45) is 0 Å². The molecule has 2 heteroatoms. The molecule has 3 N–H and O–H groups in total. The summed E-state index contributed by atoms with van der Waals surface area (Å²) in [6.07, 6.45) is 0. The molecule has 0 fully saturated rings. The summed E-state index contributed by atoms with van der Waals surface area (Å²) in [6.45, 7) is 2.86. The van der Waals surface area contributed by atoms with Gasteiger partial charge >= 0.3 is 0 Å². The van der Waals surface area contributed by atoms with Crippen molar-refractivity contribution in [1.82, 2.24) is 0 Å². The van der Waals surface area contributed by atoms with E-state index in [-0.39, 0.29) is 0 Å². The fraction of sp³-hybridized carbons (Fsp3) is 0.143. The van der Waals surface area contributed by atoms with Crippen molar-refractivity contribution in [2.75, 3.05) is 11.1 Å². The number of rotatable bonds is 3. The van der Waals surface area contributed by atoms with Crippen LogP contribution in [0.25, 0.3) is 0 Å². The van der Waals surface area contributed by atoms with E-state index in [1.54, 1.807) is 0 Å². The maximum absolute atomic E-state index is 5.88. The SMILES string of the molecule is Cc1ccccc1NCc1ccccc1N. The monoisotopic (exact) mass is 212 g/mol. The van der Waals surface area contributed by atoms with Gasteiger partial charge in [0.05, 0.1) is 0 Å². The van der Waals surface area contributed by atoms with Gasteiger partial charge in [-0.25, -0.2) is 0 Å². The van der Waals surface area contributed by atoms with E-state index < -0.39 is 0 Å². The van der Waals surface area contributed by atoms with Crippen LogP contribution in [0.2, 0.25) is 0 Å². The van der Waals surface area contributed by atoms with Crippen molar-refractivity contribution in [2.45, 2.75) is 13.5 Å². The van der Waals surface area contributed by atoms with Crippen molar-refractivity contribution >= 4 is 11.4 Å². The predicted octanol–water partition coefficient (Wildman–Crippen LogP) is 3.19. The topological polar surface area (TPSA) is 38.0 Å². The van der Waals surface area contributed by atoms with Crippen LogP contribution in [-0.4, -0.2) is 0 Å². The van der Waals surface area contributed by atoms with Crippen molar-refractivity contribution in [3.63, 3.8) is 0 Å². The van der Waals surface area contributed by atoms with Gasteiger partial charge in [-0.2, -0.15) is 0 Å².